The van der Waals surface area contributed by atoms with Crippen LogP contribution in [0.1, 0.15) is 28.4 Å². The molecule has 0 radical (unpaired) electrons. The lowest BCUT2D eigenvalue weighted by Gasteiger charge is -2.12. The summed E-state index contributed by atoms with van der Waals surface area (Å²) >= 11 is 0. The highest BCUT2D eigenvalue weighted by atomic mass is 32.2. The maximum absolute atomic E-state index is 12.1. The van der Waals surface area contributed by atoms with Gasteiger partial charge in [-0.15, -0.1) is 0 Å². The van der Waals surface area contributed by atoms with Crippen molar-refractivity contribution >= 4 is 28.8 Å². The summed E-state index contributed by atoms with van der Waals surface area (Å²) in [4.78, 5) is 22.7. The van der Waals surface area contributed by atoms with Gasteiger partial charge < -0.3 is 10.4 Å². The molecular formula is C15H19NO4S. The van der Waals surface area contributed by atoms with Gasteiger partial charge in [-0.25, -0.2) is 4.79 Å². The van der Waals surface area contributed by atoms with Crippen molar-refractivity contribution in [2.45, 2.75) is 19.1 Å². The van der Waals surface area contributed by atoms with Crippen LogP contribution in [0.5, 0.6) is 0 Å². The number of nitrogens with one attached hydrogen (secondary N) is 1. The summed E-state index contributed by atoms with van der Waals surface area (Å²) < 4.78 is 11.3. The Labute approximate surface area is 126 Å². The Kier molecular flexibility index (Phi) is 6.30. The second-order valence-corrected chi connectivity index (χ2v) is 6.51. The van der Waals surface area contributed by atoms with E-state index in [-0.39, 0.29) is 11.2 Å². The van der Waals surface area contributed by atoms with Crippen molar-refractivity contribution in [3.05, 3.63) is 41.0 Å². The van der Waals surface area contributed by atoms with E-state index in [2.05, 4.69) is 5.32 Å². The fraction of sp³-hybridized carbons (Fsp3) is 0.333. The molecule has 0 saturated heterocycles. The van der Waals surface area contributed by atoms with Crippen LogP contribution >= 0.6 is 0 Å². The van der Waals surface area contributed by atoms with Crippen LogP contribution < -0.4 is 5.32 Å². The molecule has 0 heterocycles. The summed E-state index contributed by atoms with van der Waals surface area (Å²) in [6.07, 6.45) is 4.09. The highest BCUT2D eigenvalue weighted by Crippen LogP contribution is 2.15. The molecule has 1 aromatic rings. The van der Waals surface area contributed by atoms with Crippen LogP contribution in [0.2, 0.25) is 0 Å². The van der Waals surface area contributed by atoms with Gasteiger partial charge in [0.15, 0.2) is 0 Å². The van der Waals surface area contributed by atoms with Crippen molar-refractivity contribution in [3.63, 3.8) is 0 Å². The molecule has 21 heavy (non-hydrogen) atoms. The molecule has 0 aliphatic rings. The number of carboxylic acids is 1. The zero-order chi connectivity index (χ0) is 16.0. The van der Waals surface area contributed by atoms with Crippen LogP contribution in [0.4, 0.5) is 0 Å². The Morgan fingerprint density at radius 1 is 1.43 bits per heavy atom. The Hall–Kier alpha value is -1.95. The van der Waals surface area contributed by atoms with Gasteiger partial charge in [-0.1, -0.05) is 12.1 Å². The molecule has 6 heteroatoms. The summed E-state index contributed by atoms with van der Waals surface area (Å²) in [6, 6.07) is 5.12. The lowest BCUT2D eigenvalue weighted by atomic mass is 10.0. The predicted octanol–water partition coefficient (Wildman–Crippen LogP) is 1.59. The average molecular weight is 309 g/mol. The van der Waals surface area contributed by atoms with Crippen molar-refractivity contribution in [3.8, 4) is 0 Å². The Balaban J connectivity index is 2.88. The zero-order valence-corrected chi connectivity index (χ0v) is 13.1. The summed E-state index contributed by atoms with van der Waals surface area (Å²) in [5.74, 6) is -1.29. The van der Waals surface area contributed by atoms with E-state index in [1.54, 1.807) is 38.3 Å². The highest BCUT2D eigenvalue weighted by Gasteiger charge is 2.13. The third-order valence-electron chi connectivity index (χ3n) is 3.14. The zero-order valence-electron chi connectivity index (χ0n) is 12.3. The predicted molar refractivity (Wildman–Crippen MR) is 83.7 cm³/mol. The van der Waals surface area contributed by atoms with Gasteiger partial charge in [0.25, 0.3) is 5.91 Å². The van der Waals surface area contributed by atoms with Crippen LogP contribution in [0.15, 0.2) is 24.3 Å². The first-order valence-electron chi connectivity index (χ1n) is 6.44. The van der Waals surface area contributed by atoms with Crippen molar-refractivity contribution in [2.75, 3.05) is 12.8 Å². The Morgan fingerprint density at radius 2 is 2.10 bits per heavy atom. The van der Waals surface area contributed by atoms with E-state index in [1.165, 1.54) is 6.08 Å². The van der Waals surface area contributed by atoms with Crippen LogP contribution in [0, 0.1) is 6.92 Å². The average Bonchev–Trinajstić information content (AvgIpc) is 2.42. The fourth-order valence-corrected chi connectivity index (χ4v) is 2.01. The molecule has 2 N–H and O–H groups in total. The second-order valence-electron chi connectivity index (χ2n) is 4.71. The first-order chi connectivity index (χ1) is 9.82. The van der Waals surface area contributed by atoms with E-state index in [0.717, 1.165) is 6.08 Å². The van der Waals surface area contributed by atoms with E-state index < -0.39 is 16.8 Å². The SMILES string of the molecule is Cc1c(/C=C/C(=O)O)cccc1C(=O)NCC(C)S(C)=O. The lowest BCUT2D eigenvalue weighted by Crippen LogP contribution is -2.33. The maximum Gasteiger partial charge on any atom is 0.328 e. The number of benzene rings is 1. The molecule has 0 bridgehead atoms. The standard InChI is InChI=1S/C15H19NO4S/c1-10(21(3)20)9-16-15(19)13-6-4-5-12(11(13)2)7-8-14(17)18/h4-8,10H,9H2,1-3H3,(H,16,19)(H,17,18)/b8-7+. The first kappa shape index (κ1) is 17.1. The van der Waals surface area contributed by atoms with Gasteiger partial charge in [-0.2, -0.15) is 0 Å². The third kappa shape index (κ3) is 5.15. The van der Waals surface area contributed by atoms with Crippen LogP contribution in [0.3, 0.4) is 0 Å². The number of carboxylic acid groups (broad SMARTS) is 1. The van der Waals surface area contributed by atoms with E-state index in [4.69, 9.17) is 5.11 Å². The van der Waals surface area contributed by atoms with E-state index in [1.807, 2.05) is 0 Å². The molecule has 5 nitrogen and oxygen atoms in total. The molecule has 0 aliphatic heterocycles. The van der Waals surface area contributed by atoms with E-state index in [9.17, 15) is 13.8 Å². The van der Waals surface area contributed by atoms with Crippen molar-refractivity contribution in [1.29, 1.82) is 0 Å². The van der Waals surface area contributed by atoms with Crippen molar-refractivity contribution < 1.29 is 18.9 Å². The summed E-state index contributed by atoms with van der Waals surface area (Å²) in [5, 5.41) is 11.3. The Morgan fingerprint density at radius 3 is 2.67 bits per heavy atom. The number of carbonyl (C=O) groups excluding carboxylic acids is 1. The van der Waals surface area contributed by atoms with Crippen LogP contribution in [0.25, 0.3) is 6.08 Å². The molecule has 0 aliphatic carbocycles. The third-order valence-corrected chi connectivity index (χ3v) is 4.44. The smallest absolute Gasteiger partial charge is 0.328 e. The number of hydrogen-bond donors (Lipinski definition) is 2. The van der Waals surface area contributed by atoms with Crippen molar-refractivity contribution in [1.82, 2.24) is 5.32 Å². The fourth-order valence-electron chi connectivity index (χ4n) is 1.69. The summed E-state index contributed by atoms with van der Waals surface area (Å²) in [5.41, 5.74) is 1.87. The normalized spacial score (nSPS) is 13.9. The molecule has 0 aromatic heterocycles. The maximum atomic E-state index is 12.1. The number of hydrogen-bond acceptors (Lipinski definition) is 3. The van der Waals surface area contributed by atoms with Crippen LogP contribution in [-0.2, 0) is 15.6 Å². The Bertz CT molecular complexity index is 595. The molecular weight excluding hydrogens is 290 g/mol. The van der Waals surface area contributed by atoms with Gasteiger partial charge in [0.05, 0.1) is 0 Å². The van der Waals surface area contributed by atoms with Gasteiger partial charge in [0.1, 0.15) is 0 Å². The van der Waals surface area contributed by atoms with Gasteiger partial charge in [-0.3, -0.25) is 9.00 Å². The quantitative estimate of drug-likeness (QED) is 0.782. The molecule has 2 atom stereocenters. The molecule has 1 rings (SSSR count). The van der Waals surface area contributed by atoms with Gasteiger partial charge in [0, 0.05) is 40.5 Å². The molecule has 0 saturated carbocycles. The molecule has 1 aromatic carbocycles. The summed E-state index contributed by atoms with van der Waals surface area (Å²) in [6.45, 7) is 3.89. The minimum absolute atomic E-state index is 0.121. The number of amides is 1. The van der Waals surface area contributed by atoms with Gasteiger partial charge >= 0.3 is 5.97 Å². The second kappa shape index (κ2) is 7.73. The largest absolute Gasteiger partial charge is 0.478 e. The number of carbonyl (C=O) groups is 2. The molecule has 0 spiro atoms. The minimum Gasteiger partial charge on any atom is -0.478 e. The molecule has 1 amide bonds. The number of rotatable bonds is 6. The van der Waals surface area contributed by atoms with E-state index in [0.29, 0.717) is 23.2 Å². The van der Waals surface area contributed by atoms with Gasteiger partial charge in [-0.05, 0) is 37.1 Å². The molecule has 0 fully saturated rings. The highest BCUT2D eigenvalue weighted by molar-refractivity contribution is 7.84. The monoisotopic (exact) mass is 309 g/mol. The summed E-state index contributed by atoms with van der Waals surface area (Å²) in [7, 11) is -0.992. The molecule has 114 valence electrons. The lowest BCUT2D eigenvalue weighted by molar-refractivity contribution is -0.131. The minimum atomic E-state index is -1.04. The first-order valence-corrected chi connectivity index (χ1v) is 8.06. The van der Waals surface area contributed by atoms with Crippen molar-refractivity contribution in [2.24, 2.45) is 0 Å². The molecule has 2 unspecified atom stereocenters. The number of aliphatic carboxylic acids is 1. The van der Waals surface area contributed by atoms with E-state index >= 15 is 0 Å². The van der Waals surface area contributed by atoms with Crippen LogP contribution in [-0.4, -0.2) is 39.2 Å². The van der Waals surface area contributed by atoms with Gasteiger partial charge in [0.2, 0.25) is 0 Å². The topological polar surface area (TPSA) is 83.5 Å².